The Balaban J connectivity index is 1.55. The molecular formula is C34H45N5O6. The molecule has 1 aromatic carbocycles. The molecule has 2 aliphatic heterocycles. The van der Waals surface area contributed by atoms with Gasteiger partial charge in [0, 0.05) is 19.0 Å². The zero-order chi connectivity index (χ0) is 32.5. The number of nitrogens with zero attached hydrogens (tertiary/aromatic N) is 3. The summed E-state index contributed by atoms with van der Waals surface area (Å²) in [7, 11) is 1.74. The van der Waals surface area contributed by atoms with Crippen LogP contribution in [0.2, 0.25) is 0 Å². The van der Waals surface area contributed by atoms with Crippen molar-refractivity contribution < 1.29 is 29.0 Å². The highest BCUT2D eigenvalue weighted by Gasteiger charge is 2.43. The highest BCUT2D eigenvalue weighted by atomic mass is 16.5. The number of benzene rings is 1. The van der Waals surface area contributed by atoms with Crippen molar-refractivity contribution in [3.05, 3.63) is 47.7 Å². The van der Waals surface area contributed by atoms with Crippen LogP contribution in [0.3, 0.4) is 0 Å². The number of hydrogen-bond donors (Lipinski definition) is 3. The first-order chi connectivity index (χ1) is 21.4. The third kappa shape index (κ3) is 6.89. The van der Waals surface area contributed by atoms with Gasteiger partial charge in [0.1, 0.15) is 12.1 Å². The number of fused-ring (bicyclic) bond motifs is 4. The number of hydrogen-bond acceptors (Lipinski definition) is 8. The molecule has 2 aromatic rings. The normalized spacial score (nSPS) is 31.3. The van der Waals surface area contributed by atoms with Gasteiger partial charge in [-0.3, -0.25) is 29.2 Å². The number of esters is 1. The first-order valence-electron chi connectivity index (χ1n) is 16.0. The quantitative estimate of drug-likeness (QED) is 0.413. The maximum absolute atomic E-state index is 13.9. The maximum Gasteiger partial charge on any atom is 0.316 e. The molecule has 5 rings (SSSR count). The maximum atomic E-state index is 13.9. The Labute approximate surface area is 264 Å². The van der Waals surface area contributed by atoms with Crippen LogP contribution in [0.5, 0.6) is 0 Å². The summed E-state index contributed by atoms with van der Waals surface area (Å²) in [5, 5.41) is 15.3. The standard InChI is InChI=1S/C34H45N5O6/c1-20(2)29-30(41)35-21(3)31(42)39-18-6-7-27(37-39)32(43)38(5)22(4)26-11-10-24-9-8-23(19-28(24)36-26)12-15-34(33(44)45-29)16-13-25(40)14-17-34/h8-12,15,19-22,25,27,29,37,40H,6-7,13-14,16-18H2,1-5H3,(H,35,41)/b15-12+/t21-,22+,25?,27?,29-,34?/m0/s1. The molecule has 1 aromatic heterocycles. The van der Waals surface area contributed by atoms with Crippen molar-refractivity contribution in [2.24, 2.45) is 11.3 Å². The highest BCUT2D eigenvalue weighted by molar-refractivity contribution is 5.92. The number of carbonyl (C=O) groups excluding carboxylic acids is 4. The van der Waals surface area contributed by atoms with E-state index in [-0.39, 0.29) is 23.8 Å². The van der Waals surface area contributed by atoms with Crippen LogP contribution in [0, 0.1) is 11.3 Å². The van der Waals surface area contributed by atoms with Crippen molar-refractivity contribution in [3.63, 3.8) is 0 Å². The van der Waals surface area contributed by atoms with E-state index in [2.05, 4.69) is 10.7 Å². The smallest absolute Gasteiger partial charge is 0.316 e. The van der Waals surface area contributed by atoms with Crippen LogP contribution in [-0.4, -0.2) is 81.6 Å². The number of nitrogens with one attached hydrogen (secondary N) is 2. The lowest BCUT2D eigenvalue weighted by atomic mass is 9.72. The molecule has 4 atom stereocenters. The molecule has 3 N–H and O–H groups in total. The first-order valence-corrected chi connectivity index (χ1v) is 16.0. The number of aliphatic hydroxyl groups excluding tert-OH is 1. The van der Waals surface area contributed by atoms with Gasteiger partial charge in [0.15, 0.2) is 6.10 Å². The first kappa shape index (κ1) is 32.6. The van der Waals surface area contributed by atoms with Crippen LogP contribution in [0.4, 0.5) is 0 Å². The van der Waals surface area contributed by atoms with E-state index in [1.54, 1.807) is 32.7 Å². The van der Waals surface area contributed by atoms with Crippen molar-refractivity contribution >= 4 is 40.7 Å². The van der Waals surface area contributed by atoms with E-state index in [4.69, 9.17) is 9.72 Å². The molecule has 1 spiro atoms. The summed E-state index contributed by atoms with van der Waals surface area (Å²) >= 11 is 0. The van der Waals surface area contributed by atoms with Gasteiger partial charge in [0.05, 0.1) is 28.8 Å². The Morgan fingerprint density at radius 2 is 1.73 bits per heavy atom. The second-order valence-electron chi connectivity index (χ2n) is 13.1. The van der Waals surface area contributed by atoms with E-state index in [9.17, 15) is 24.3 Å². The summed E-state index contributed by atoms with van der Waals surface area (Å²) in [4.78, 5) is 60.9. The average molecular weight is 620 g/mol. The monoisotopic (exact) mass is 619 g/mol. The van der Waals surface area contributed by atoms with Crippen LogP contribution < -0.4 is 10.7 Å². The van der Waals surface area contributed by atoms with Gasteiger partial charge in [0.2, 0.25) is 5.91 Å². The zero-order valence-electron chi connectivity index (χ0n) is 26.8. The lowest BCUT2D eigenvalue weighted by Gasteiger charge is -2.37. The second-order valence-corrected chi connectivity index (χ2v) is 13.1. The van der Waals surface area contributed by atoms with Gasteiger partial charge in [0.25, 0.3) is 11.8 Å². The van der Waals surface area contributed by atoms with Crippen molar-refractivity contribution in [1.29, 1.82) is 0 Å². The zero-order valence-corrected chi connectivity index (χ0v) is 26.8. The fourth-order valence-corrected chi connectivity index (χ4v) is 6.37. The Hall–Kier alpha value is -3.83. The Kier molecular flexibility index (Phi) is 9.60. The van der Waals surface area contributed by atoms with Gasteiger partial charge >= 0.3 is 5.97 Å². The molecule has 5 bridgehead atoms. The number of pyridine rings is 1. The summed E-state index contributed by atoms with van der Waals surface area (Å²) in [5.41, 5.74) is 4.37. The molecule has 45 heavy (non-hydrogen) atoms. The van der Waals surface area contributed by atoms with Crippen LogP contribution >= 0.6 is 0 Å². The van der Waals surface area contributed by atoms with Crippen LogP contribution in [0.15, 0.2) is 36.4 Å². The number of likely N-dealkylation sites (N-methyl/N-ethyl adjacent to an activating group) is 1. The average Bonchev–Trinajstić information content (AvgIpc) is 3.04. The predicted octanol–water partition coefficient (Wildman–Crippen LogP) is 3.27. The number of aliphatic hydroxyl groups is 1. The molecule has 0 radical (unpaired) electrons. The van der Waals surface area contributed by atoms with Crippen molar-refractivity contribution in [3.8, 4) is 0 Å². The second kappa shape index (κ2) is 13.3. The number of amides is 3. The van der Waals surface area contributed by atoms with E-state index < -0.39 is 41.6 Å². The Bertz CT molecular complexity index is 1480. The molecule has 1 saturated carbocycles. The SMILES string of the molecule is CC(C)[C@@H]1OC(=O)C2(/C=C/c3ccc4ccc(nc4c3)[C@@H](C)N(C)C(=O)C3CCCN(N3)C(=O)[C@H](C)NC1=O)CCC(O)CC2. The fraction of sp³-hybridized carbons (Fsp3) is 0.559. The van der Waals surface area contributed by atoms with Gasteiger partial charge in [-0.25, -0.2) is 5.43 Å². The molecule has 1 aliphatic carbocycles. The van der Waals surface area contributed by atoms with E-state index in [0.717, 1.165) is 22.2 Å². The summed E-state index contributed by atoms with van der Waals surface area (Å²) in [5.74, 6) is -1.99. The summed E-state index contributed by atoms with van der Waals surface area (Å²) in [6.45, 7) is 7.47. The lowest BCUT2D eigenvalue weighted by Crippen LogP contribution is -2.61. The van der Waals surface area contributed by atoms with E-state index in [1.807, 2.05) is 49.4 Å². The molecule has 3 aliphatic rings. The third-order valence-corrected chi connectivity index (χ3v) is 9.52. The lowest BCUT2D eigenvalue weighted by molar-refractivity contribution is -0.168. The molecule has 3 amide bonds. The van der Waals surface area contributed by atoms with Crippen LogP contribution in [0.25, 0.3) is 17.0 Å². The molecule has 1 unspecified atom stereocenters. The minimum atomic E-state index is -1.12. The van der Waals surface area contributed by atoms with E-state index in [1.165, 1.54) is 5.01 Å². The van der Waals surface area contributed by atoms with Crippen molar-refractivity contribution in [2.75, 3.05) is 13.6 Å². The molecule has 3 heterocycles. The van der Waals surface area contributed by atoms with Crippen molar-refractivity contribution in [1.82, 2.24) is 25.6 Å². The summed E-state index contributed by atoms with van der Waals surface area (Å²) in [6.07, 6.45) is 4.87. The number of rotatable bonds is 1. The van der Waals surface area contributed by atoms with Gasteiger partial charge < -0.3 is 20.1 Å². The Morgan fingerprint density at radius 3 is 2.44 bits per heavy atom. The highest BCUT2D eigenvalue weighted by Crippen LogP contribution is 2.40. The minimum absolute atomic E-state index is 0.157. The number of carbonyl (C=O) groups is 4. The number of aromatic nitrogens is 1. The molecule has 242 valence electrons. The summed E-state index contributed by atoms with van der Waals surface area (Å²) < 4.78 is 5.95. The van der Waals surface area contributed by atoms with Gasteiger partial charge in [-0.15, -0.1) is 0 Å². The predicted molar refractivity (Wildman–Crippen MR) is 169 cm³/mol. The van der Waals surface area contributed by atoms with Gasteiger partial charge in [-0.05, 0) is 76.0 Å². The molecule has 1 saturated heterocycles. The van der Waals surface area contributed by atoms with E-state index in [0.29, 0.717) is 45.1 Å². The van der Waals surface area contributed by atoms with Crippen molar-refractivity contribution in [2.45, 2.75) is 96.6 Å². The number of cyclic esters (lactones) is 1. The van der Waals surface area contributed by atoms with Crippen LogP contribution in [0.1, 0.15) is 83.5 Å². The molecular weight excluding hydrogens is 574 g/mol. The molecule has 11 nitrogen and oxygen atoms in total. The minimum Gasteiger partial charge on any atom is -0.451 e. The molecule has 11 heteroatoms. The fourth-order valence-electron chi connectivity index (χ4n) is 6.37. The largest absolute Gasteiger partial charge is 0.451 e. The Morgan fingerprint density at radius 1 is 1.02 bits per heavy atom. The van der Waals surface area contributed by atoms with Gasteiger partial charge in [-0.2, -0.15) is 0 Å². The summed E-state index contributed by atoms with van der Waals surface area (Å²) in [6, 6.07) is 7.89. The van der Waals surface area contributed by atoms with E-state index >= 15 is 0 Å². The topological polar surface area (TPSA) is 141 Å². The molecule has 2 fully saturated rings. The van der Waals surface area contributed by atoms with Gasteiger partial charge in [-0.1, -0.05) is 44.2 Å². The third-order valence-electron chi connectivity index (χ3n) is 9.52. The number of hydrazine groups is 1. The van der Waals surface area contributed by atoms with Crippen LogP contribution in [-0.2, 0) is 23.9 Å². The number of ether oxygens (including phenoxy) is 1.